The number of nitrogens with zero attached hydrogens (tertiary/aromatic N) is 3. The van der Waals surface area contributed by atoms with Gasteiger partial charge in [0.2, 0.25) is 5.91 Å². The molecule has 2 aromatic carbocycles. The van der Waals surface area contributed by atoms with E-state index in [9.17, 15) is 18.0 Å². The number of halogens is 5. The highest BCUT2D eigenvalue weighted by molar-refractivity contribution is 9.10. The van der Waals surface area contributed by atoms with E-state index in [2.05, 4.69) is 20.9 Å². The first-order valence-corrected chi connectivity index (χ1v) is 10.3. The zero-order chi connectivity index (χ0) is 21.6. The van der Waals surface area contributed by atoms with Gasteiger partial charge < -0.3 is 14.2 Å². The number of imidazole rings is 1. The van der Waals surface area contributed by atoms with Crippen LogP contribution in [0.2, 0.25) is 5.02 Å². The summed E-state index contributed by atoms with van der Waals surface area (Å²) < 4.78 is 51.6. The van der Waals surface area contributed by atoms with Gasteiger partial charge in [-0.25, -0.2) is 18.2 Å². The van der Waals surface area contributed by atoms with E-state index < -0.39 is 23.6 Å². The smallest absolute Gasteiger partial charge is 0.219 e. The number of ether oxygens (including phenoxy) is 1. The van der Waals surface area contributed by atoms with Crippen molar-refractivity contribution in [1.29, 1.82) is 0 Å². The van der Waals surface area contributed by atoms with E-state index >= 15 is 0 Å². The van der Waals surface area contributed by atoms with Crippen molar-refractivity contribution in [3.05, 3.63) is 51.2 Å². The predicted molar refractivity (Wildman–Crippen MR) is 110 cm³/mol. The number of benzene rings is 2. The van der Waals surface area contributed by atoms with Crippen LogP contribution < -0.4 is 0 Å². The van der Waals surface area contributed by atoms with Crippen molar-refractivity contribution >= 4 is 44.5 Å². The Morgan fingerprint density at radius 2 is 1.93 bits per heavy atom. The maximum absolute atomic E-state index is 14.8. The van der Waals surface area contributed by atoms with Gasteiger partial charge in [-0.2, -0.15) is 0 Å². The molecule has 0 saturated carbocycles. The molecule has 0 aliphatic carbocycles. The molecule has 3 aromatic rings. The minimum Gasteiger partial charge on any atom is -0.373 e. The quantitative estimate of drug-likeness (QED) is 0.518. The standard InChI is InChI=1S/C20H16BrClF3N3O2/c1-10(29)27-2-3-30-13(8-27)9-28-19-16(25)6-12(22)7-17(19)26-20(28)18-14(23)4-11(21)5-15(18)24/h4-7,13H,2-3,8-9H2,1H3/t13-/m1/s1. The molecule has 0 unspecified atom stereocenters. The van der Waals surface area contributed by atoms with Crippen molar-refractivity contribution in [2.75, 3.05) is 19.7 Å². The molecule has 1 saturated heterocycles. The average molecular weight is 503 g/mol. The van der Waals surface area contributed by atoms with Gasteiger partial charge in [0.25, 0.3) is 0 Å². The maximum Gasteiger partial charge on any atom is 0.219 e. The first kappa shape index (κ1) is 21.1. The Bertz CT molecular complexity index is 1130. The van der Waals surface area contributed by atoms with Gasteiger partial charge in [0.1, 0.15) is 23.0 Å². The summed E-state index contributed by atoms with van der Waals surface area (Å²) in [6, 6.07) is 4.77. The fraction of sp³-hybridized carbons (Fsp3) is 0.300. The summed E-state index contributed by atoms with van der Waals surface area (Å²) >= 11 is 9.00. The minimum absolute atomic E-state index is 0.0448. The summed E-state index contributed by atoms with van der Waals surface area (Å²) in [6.07, 6.45) is -0.504. The van der Waals surface area contributed by atoms with E-state index in [1.54, 1.807) is 4.90 Å². The van der Waals surface area contributed by atoms with Crippen LogP contribution in [0.5, 0.6) is 0 Å². The topological polar surface area (TPSA) is 47.4 Å². The summed E-state index contributed by atoms with van der Waals surface area (Å²) in [4.78, 5) is 17.6. The molecule has 0 spiro atoms. The largest absolute Gasteiger partial charge is 0.373 e. The van der Waals surface area contributed by atoms with Crippen LogP contribution in [0.4, 0.5) is 13.2 Å². The van der Waals surface area contributed by atoms with Crippen LogP contribution in [0.1, 0.15) is 6.92 Å². The third-order valence-corrected chi connectivity index (χ3v) is 5.64. The highest BCUT2D eigenvalue weighted by atomic mass is 79.9. The lowest BCUT2D eigenvalue weighted by atomic mass is 10.1. The maximum atomic E-state index is 14.8. The second-order valence-electron chi connectivity index (χ2n) is 7.00. The number of hydrogen-bond acceptors (Lipinski definition) is 3. The average Bonchev–Trinajstić information content (AvgIpc) is 2.99. The Balaban J connectivity index is 1.87. The number of fused-ring (bicyclic) bond motifs is 1. The highest BCUT2D eigenvalue weighted by Gasteiger charge is 2.27. The summed E-state index contributed by atoms with van der Waals surface area (Å²) in [6.45, 7) is 2.53. The first-order chi connectivity index (χ1) is 14.2. The molecule has 4 rings (SSSR count). The molecule has 0 radical (unpaired) electrons. The Hall–Kier alpha value is -2.10. The van der Waals surface area contributed by atoms with Crippen LogP contribution in [0, 0.1) is 17.5 Å². The number of morpholine rings is 1. The Morgan fingerprint density at radius 3 is 2.60 bits per heavy atom. The van der Waals surface area contributed by atoms with Crippen molar-refractivity contribution in [3.63, 3.8) is 0 Å². The number of rotatable bonds is 3. The van der Waals surface area contributed by atoms with Gasteiger partial charge in [-0.3, -0.25) is 4.79 Å². The van der Waals surface area contributed by atoms with E-state index in [1.807, 2.05) is 0 Å². The van der Waals surface area contributed by atoms with E-state index in [-0.39, 0.29) is 50.9 Å². The second-order valence-corrected chi connectivity index (χ2v) is 8.36. The molecule has 5 nitrogen and oxygen atoms in total. The second kappa shape index (κ2) is 8.20. The molecular weight excluding hydrogens is 487 g/mol. The number of carbonyl (C=O) groups excluding carboxylic acids is 1. The lowest BCUT2D eigenvalue weighted by Crippen LogP contribution is -2.46. The van der Waals surface area contributed by atoms with Crippen molar-refractivity contribution in [2.45, 2.75) is 19.6 Å². The zero-order valence-corrected chi connectivity index (χ0v) is 18.1. The van der Waals surface area contributed by atoms with Gasteiger partial charge in [-0.1, -0.05) is 27.5 Å². The van der Waals surface area contributed by atoms with Crippen molar-refractivity contribution in [2.24, 2.45) is 0 Å². The fourth-order valence-electron chi connectivity index (χ4n) is 3.63. The number of amides is 1. The van der Waals surface area contributed by atoms with Crippen molar-refractivity contribution in [1.82, 2.24) is 14.5 Å². The third kappa shape index (κ3) is 3.93. The molecule has 1 aliphatic rings. The molecule has 1 amide bonds. The SMILES string of the molecule is CC(=O)N1CCO[C@@H](Cn2c(-c3c(F)cc(Br)cc3F)nc3cc(Cl)cc(F)c32)C1. The molecular formula is C20H16BrClF3N3O2. The first-order valence-electron chi connectivity index (χ1n) is 9.12. The van der Waals surface area contributed by atoms with Gasteiger partial charge in [-0.05, 0) is 24.3 Å². The Morgan fingerprint density at radius 1 is 1.23 bits per heavy atom. The normalized spacial score (nSPS) is 17.0. The van der Waals surface area contributed by atoms with E-state index in [1.165, 1.54) is 17.6 Å². The molecule has 10 heteroatoms. The van der Waals surface area contributed by atoms with Gasteiger partial charge in [-0.15, -0.1) is 0 Å². The van der Waals surface area contributed by atoms with Gasteiger partial charge in [0.05, 0.1) is 30.3 Å². The number of aromatic nitrogens is 2. The molecule has 2 heterocycles. The molecule has 0 bridgehead atoms. The van der Waals surface area contributed by atoms with Gasteiger partial charge >= 0.3 is 0 Å². The molecule has 1 atom stereocenters. The van der Waals surface area contributed by atoms with Crippen LogP contribution in [-0.4, -0.2) is 46.2 Å². The van der Waals surface area contributed by atoms with E-state index in [0.29, 0.717) is 13.2 Å². The monoisotopic (exact) mass is 501 g/mol. The highest BCUT2D eigenvalue weighted by Crippen LogP contribution is 2.33. The van der Waals surface area contributed by atoms with Crippen LogP contribution in [0.15, 0.2) is 28.7 Å². The van der Waals surface area contributed by atoms with E-state index in [4.69, 9.17) is 16.3 Å². The van der Waals surface area contributed by atoms with E-state index in [0.717, 1.165) is 18.2 Å². The summed E-state index contributed by atoms with van der Waals surface area (Å²) in [5.74, 6) is -2.56. The Labute approximate surface area is 183 Å². The van der Waals surface area contributed by atoms with Crippen LogP contribution in [0.25, 0.3) is 22.4 Å². The fourth-order valence-corrected chi connectivity index (χ4v) is 4.23. The lowest BCUT2D eigenvalue weighted by Gasteiger charge is -2.32. The van der Waals surface area contributed by atoms with Gasteiger partial charge in [0.15, 0.2) is 5.82 Å². The number of carbonyl (C=O) groups is 1. The molecule has 30 heavy (non-hydrogen) atoms. The van der Waals surface area contributed by atoms with Crippen LogP contribution >= 0.6 is 27.5 Å². The molecule has 1 aliphatic heterocycles. The molecule has 1 fully saturated rings. The molecule has 158 valence electrons. The Kier molecular flexibility index (Phi) is 5.78. The van der Waals surface area contributed by atoms with Crippen molar-refractivity contribution < 1.29 is 22.7 Å². The predicted octanol–water partition coefficient (Wildman–Crippen LogP) is 4.78. The molecule has 0 N–H and O–H groups in total. The van der Waals surface area contributed by atoms with Gasteiger partial charge in [0, 0.05) is 29.5 Å². The number of hydrogen-bond donors (Lipinski definition) is 0. The van der Waals surface area contributed by atoms with Crippen LogP contribution in [-0.2, 0) is 16.1 Å². The third-order valence-electron chi connectivity index (χ3n) is 4.96. The van der Waals surface area contributed by atoms with Crippen molar-refractivity contribution in [3.8, 4) is 11.4 Å². The summed E-state index contributed by atoms with van der Waals surface area (Å²) in [7, 11) is 0. The zero-order valence-electron chi connectivity index (χ0n) is 15.8. The summed E-state index contributed by atoms with van der Waals surface area (Å²) in [5, 5.41) is 0.115. The lowest BCUT2D eigenvalue weighted by molar-refractivity contribution is -0.136. The molecule has 1 aromatic heterocycles. The van der Waals surface area contributed by atoms with Crippen LogP contribution in [0.3, 0.4) is 0 Å². The summed E-state index contributed by atoms with van der Waals surface area (Å²) in [5.41, 5.74) is -0.167. The minimum atomic E-state index is -0.847.